The summed E-state index contributed by atoms with van der Waals surface area (Å²) in [7, 11) is 0. The second-order valence-corrected chi connectivity index (χ2v) is 6.43. The van der Waals surface area contributed by atoms with Gasteiger partial charge < -0.3 is 10.6 Å². The van der Waals surface area contributed by atoms with E-state index in [2.05, 4.69) is 26.6 Å². The van der Waals surface area contributed by atoms with Gasteiger partial charge in [0.1, 0.15) is 0 Å². The minimum Gasteiger partial charge on any atom is -0.348 e. The van der Waals surface area contributed by atoms with Crippen LogP contribution in [-0.2, 0) is 4.79 Å². The van der Waals surface area contributed by atoms with Gasteiger partial charge in [0.25, 0.3) is 0 Å². The molecule has 98 valence electrons. The van der Waals surface area contributed by atoms with Crippen molar-refractivity contribution in [3.8, 4) is 0 Å². The molecule has 2 rings (SSSR count). The van der Waals surface area contributed by atoms with E-state index in [1.54, 1.807) is 0 Å². The summed E-state index contributed by atoms with van der Waals surface area (Å²) in [6.07, 6.45) is 0. The van der Waals surface area contributed by atoms with Gasteiger partial charge in [-0.15, -0.1) is 0 Å². The zero-order valence-corrected chi connectivity index (χ0v) is 12.7. The van der Waals surface area contributed by atoms with Gasteiger partial charge in [-0.25, -0.2) is 0 Å². The quantitative estimate of drug-likeness (QED) is 0.894. The van der Waals surface area contributed by atoms with Crippen LogP contribution in [0, 0.1) is 0 Å². The molecule has 1 saturated heterocycles. The molecule has 1 aromatic rings. The van der Waals surface area contributed by atoms with Crippen molar-refractivity contribution in [2.45, 2.75) is 19.0 Å². The molecule has 1 aliphatic heterocycles. The summed E-state index contributed by atoms with van der Waals surface area (Å²) < 4.78 is 1.03. The first-order chi connectivity index (χ1) is 8.66. The summed E-state index contributed by atoms with van der Waals surface area (Å²) in [5.41, 5.74) is 1.11. The van der Waals surface area contributed by atoms with Crippen LogP contribution in [0.15, 0.2) is 28.7 Å². The van der Waals surface area contributed by atoms with Crippen molar-refractivity contribution >= 4 is 33.6 Å². The topological polar surface area (TPSA) is 41.1 Å². The largest absolute Gasteiger partial charge is 0.348 e. The number of hydrogen-bond acceptors (Lipinski definition) is 3. The highest BCUT2D eigenvalue weighted by Gasteiger charge is 2.22. The molecule has 5 heteroatoms. The van der Waals surface area contributed by atoms with Crippen molar-refractivity contribution in [1.29, 1.82) is 0 Å². The third-order valence-electron chi connectivity index (χ3n) is 2.95. The summed E-state index contributed by atoms with van der Waals surface area (Å²) in [4.78, 5) is 12.1. The lowest BCUT2D eigenvalue weighted by atomic mass is 10.1. The number of rotatable bonds is 3. The first-order valence-electron chi connectivity index (χ1n) is 6.04. The molecular weight excluding hydrogens is 312 g/mol. The molecule has 0 aliphatic carbocycles. The van der Waals surface area contributed by atoms with Gasteiger partial charge in [0.05, 0.1) is 12.1 Å². The Balaban J connectivity index is 1.94. The van der Waals surface area contributed by atoms with E-state index in [0.717, 1.165) is 28.1 Å². The lowest BCUT2D eigenvalue weighted by Gasteiger charge is -2.24. The Morgan fingerprint density at radius 1 is 1.61 bits per heavy atom. The monoisotopic (exact) mass is 328 g/mol. The van der Waals surface area contributed by atoms with Crippen LogP contribution in [0.5, 0.6) is 0 Å². The lowest BCUT2D eigenvalue weighted by molar-refractivity contribution is -0.123. The van der Waals surface area contributed by atoms with Gasteiger partial charge in [0.15, 0.2) is 0 Å². The highest BCUT2D eigenvalue weighted by Crippen LogP contribution is 2.18. The molecule has 1 aliphatic rings. The van der Waals surface area contributed by atoms with Gasteiger partial charge in [-0.3, -0.25) is 4.79 Å². The van der Waals surface area contributed by atoms with Crippen LogP contribution in [0.25, 0.3) is 0 Å². The Kier molecular flexibility index (Phi) is 5.09. The van der Waals surface area contributed by atoms with Crippen molar-refractivity contribution in [2.75, 3.05) is 18.1 Å². The Morgan fingerprint density at radius 3 is 3.11 bits per heavy atom. The van der Waals surface area contributed by atoms with Crippen LogP contribution >= 0.6 is 27.7 Å². The fourth-order valence-corrected chi connectivity index (χ4v) is 3.26. The zero-order valence-electron chi connectivity index (χ0n) is 10.3. The van der Waals surface area contributed by atoms with E-state index in [4.69, 9.17) is 0 Å². The summed E-state index contributed by atoms with van der Waals surface area (Å²) in [5.74, 6) is 2.04. The Bertz CT molecular complexity index is 421. The Labute approximate surface area is 120 Å². The number of carbonyl (C=O) groups is 1. The second kappa shape index (κ2) is 6.59. The molecule has 2 atom stereocenters. The van der Waals surface area contributed by atoms with Gasteiger partial charge in [-0.05, 0) is 24.6 Å². The molecule has 0 aromatic heterocycles. The van der Waals surface area contributed by atoms with Crippen LogP contribution in [0.1, 0.15) is 18.5 Å². The molecule has 3 nitrogen and oxygen atoms in total. The SMILES string of the molecule is CC(NC(=O)C1CSCCN1)c1cccc(Br)c1. The Hall–Kier alpha value is -0.520. The van der Waals surface area contributed by atoms with Crippen LogP contribution in [0.4, 0.5) is 0 Å². The van der Waals surface area contributed by atoms with E-state index in [1.165, 1.54) is 0 Å². The molecule has 0 radical (unpaired) electrons. The van der Waals surface area contributed by atoms with Gasteiger partial charge in [-0.1, -0.05) is 28.1 Å². The average Bonchev–Trinajstić information content (AvgIpc) is 2.39. The van der Waals surface area contributed by atoms with Crippen molar-refractivity contribution in [2.24, 2.45) is 0 Å². The highest BCUT2D eigenvalue weighted by atomic mass is 79.9. The van der Waals surface area contributed by atoms with Crippen molar-refractivity contribution < 1.29 is 4.79 Å². The molecular formula is C13H17BrN2OS. The molecule has 0 spiro atoms. The summed E-state index contributed by atoms with van der Waals surface area (Å²) in [6, 6.07) is 8.00. The number of hydrogen-bond donors (Lipinski definition) is 2. The van der Waals surface area contributed by atoms with E-state index in [0.29, 0.717) is 0 Å². The molecule has 18 heavy (non-hydrogen) atoms. The fraction of sp³-hybridized carbons (Fsp3) is 0.462. The minimum atomic E-state index is -0.0571. The number of thioether (sulfide) groups is 1. The smallest absolute Gasteiger partial charge is 0.238 e. The molecule has 2 unspecified atom stereocenters. The lowest BCUT2D eigenvalue weighted by Crippen LogP contribution is -2.49. The molecule has 1 aromatic carbocycles. The molecule has 1 fully saturated rings. The van der Waals surface area contributed by atoms with E-state index >= 15 is 0 Å². The predicted octanol–water partition coefficient (Wildman–Crippen LogP) is 2.33. The first-order valence-corrected chi connectivity index (χ1v) is 7.98. The van der Waals surface area contributed by atoms with Gasteiger partial charge >= 0.3 is 0 Å². The predicted molar refractivity (Wildman–Crippen MR) is 79.8 cm³/mol. The van der Waals surface area contributed by atoms with E-state index < -0.39 is 0 Å². The maximum absolute atomic E-state index is 12.1. The highest BCUT2D eigenvalue weighted by molar-refractivity contribution is 9.10. The third kappa shape index (κ3) is 3.73. The van der Waals surface area contributed by atoms with E-state index in [1.807, 2.05) is 43.0 Å². The molecule has 0 bridgehead atoms. The van der Waals surface area contributed by atoms with Crippen LogP contribution in [0.2, 0.25) is 0 Å². The van der Waals surface area contributed by atoms with Crippen LogP contribution in [0.3, 0.4) is 0 Å². The Morgan fingerprint density at radius 2 is 2.44 bits per heavy atom. The first kappa shape index (κ1) is 13.9. The van der Waals surface area contributed by atoms with Gasteiger partial charge in [-0.2, -0.15) is 11.8 Å². The van der Waals surface area contributed by atoms with Gasteiger partial charge in [0, 0.05) is 22.5 Å². The number of benzene rings is 1. The molecule has 1 amide bonds. The molecule has 1 heterocycles. The minimum absolute atomic E-state index is 0.0312. The number of amides is 1. The fourth-order valence-electron chi connectivity index (χ4n) is 1.91. The van der Waals surface area contributed by atoms with E-state index in [-0.39, 0.29) is 18.0 Å². The van der Waals surface area contributed by atoms with Crippen molar-refractivity contribution in [3.63, 3.8) is 0 Å². The summed E-state index contributed by atoms with van der Waals surface area (Å²) in [5, 5.41) is 6.30. The van der Waals surface area contributed by atoms with Crippen molar-refractivity contribution in [1.82, 2.24) is 10.6 Å². The molecule has 0 saturated carbocycles. The zero-order chi connectivity index (χ0) is 13.0. The summed E-state index contributed by atoms with van der Waals surface area (Å²) >= 11 is 5.27. The number of carbonyl (C=O) groups excluding carboxylic acids is 1. The van der Waals surface area contributed by atoms with E-state index in [9.17, 15) is 4.79 Å². The summed E-state index contributed by atoms with van der Waals surface area (Å²) in [6.45, 7) is 2.92. The van der Waals surface area contributed by atoms with Crippen LogP contribution in [-0.4, -0.2) is 30.0 Å². The van der Waals surface area contributed by atoms with Crippen molar-refractivity contribution in [3.05, 3.63) is 34.3 Å². The standard InChI is InChI=1S/C13H17BrN2OS/c1-9(10-3-2-4-11(14)7-10)16-13(17)12-8-18-6-5-15-12/h2-4,7,9,12,15H,5-6,8H2,1H3,(H,16,17). The normalized spacial score (nSPS) is 21.3. The average molecular weight is 329 g/mol. The second-order valence-electron chi connectivity index (χ2n) is 4.37. The van der Waals surface area contributed by atoms with Gasteiger partial charge in [0.2, 0.25) is 5.91 Å². The maximum atomic E-state index is 12.1. The molecule has 2 N–H and O–H groups in total. The van der Waals surface area contributed by atoms with Crippen LogP contribution < -0.4 is 10.6 Å². The maximum Gasteiger partial charge on any atom is 0.238 e. The number of halogens is 1. The number of nitrogens with one attached hydrogen (secondary N) is 2. The third-order valence-corrected chi connectivity index (χ3v) is 4.50.